The van der Waals surface area contributed by atoms with Gasteiger partial charge in [-0.2, -0.15) is 10.2 Å². The summed E-state index contributed by atoms with van der Waals surface area (Å²) in [5.74, 6) is 0. The number of aromatic nitrogens is 1. The first kappa shape index (κ1) is 13.5. The molecule has 0 spiro atoms. The Morgan fingerprint density at radius 3 is 2.57 bits per heavy atom. The Morgan fingerprint density at radius 2 is 1.81 bits per heavy atom. The van der Waals surface area contributed by atoms with Crippen molar-refractivity contribution in [3.8, 4) is 11.1 Å². The SMILES string of the molecule is CS(C)(C)n1c2c(c3cc(Br)ccc31)-c1ccccc1C2. The second-order valence-corrected chi connectivity index (χ2v) is 11.2. The van der Waals surface area contributed by atoms with Gasteiger partial charge in [-0.15, -0.1) is 0 Å². The van der Waals surface area contributed by atoms with Crippen LogP contribution in [-0.2, 0) is 6.42 Å². The molecule has 3 aromatic rings. The van der Waals surface area contributed by atoms with Crippen LogP contribution in [0.2, 0.25) is 0 Å². The Bertz CT molecular complexity index is 871. The van der Waals surface area contributed by atoms with E-state index in [1.807, 2.05) is 0 Å². The average Bonchev–Trinajstić information content (AvgIpc) is 2.91. The van der Waals surface area contributed by atoms with Gasteiger partial charge in [0, 0.05) is 27.5 Å². The molecular weight excluding hydrogens is 342 g/mol. The van der Waals surface area contributed by atoms with Crippen molar-refractivity contribution in [1.82, 2.24) is 3.97 Å². The molecule has 0 aliphatic heterocycles. The molecule has 0 amide bonds. The van der Waals surface area contributed by atoms with Crippen molar-refractivity contribution in [2.75, 3.05) is 18.8 Å². The Labute approximate surface area is 135 Å². The van der Waals surface area contributed by atoms with Gasteiger partial charge in [-0.25, -0.2) is 0 Å². The Balaban J connectivity index is 2.17. The quantitative estimate of drug-likeness (QED) is 0.426. The highest BCUT2D eigenvalue weighted by Crippen LogP contribution is 2.51. The number of nitrogens with zero attached hydrogens (tertiary/aromatic N) is 1. The van der Waals surface area contributed by atoms with Crippen molar-refractivity contribution in [3.05, 3.63) is 58.2 Å². The molecule has 1 aliphatic rings. The van der Waals surface area contributed by atoms with E-state index in [9.17, 15) is 0 Å². The van der Waals surface area contributed by atoms with Crippen LogP contribution < -0.4 is 0 Å². The van der Waals surface area contributed by atoms with E-state index >= 15 is 0 Å². The zero-order valence-corrected chi connectivity index (χ0v) is 14.9. The Hall–Kier alpha value is -1.19. The van der Waals surface area contributed by atoms with Crippen LogP contribution in [-0.4, -0.2) is 22.7 Å². The third-order valence-corrected chi connectivity index (χ3v) is 6.18. The largest absolute Gasteiger partial charge is 0.306 e. The number of rotatable bonds is 1. The molecule has 3 heteroatoms. The molecule has 2 aromatic carbocycles. The second-order valence-electron chi connectivity index (χ2n) is 6.38. The van der Waals surface area contributed by atoms with Crippen molar-refractivity contribution in [2.24, 2.45) is 0 Å². The van der Waals surface area contributed by atoms with Crippen LogP contribution in [0.15, 0.2) is 46.9 Å². The van der Waals surface area contributed by atoms with Gasteiger partial charge in [-0.3, -0.25) is 0 Å². The van der Waals surface area contributed by atoms with Crippen LogP contribution in [0.25, 0.3) is 22.0 Å². The minimum absolute atomic E-state index is 0.841. The minimum Gasteiger partial charge on any atom is -0.306 e. The molecule has 1 aromatic heterocycles. The second kappa shape index (κ2) is 4.40. The number of benzene rings is 2. The van der Waals surface area contributed by atoms with E-state index < -0.39 is 10.2 Å². The highest BCUT2D eigenvalue weighted by Gasteiger charge is 2.29. The topological polar surface area (TPSA) is 4.93 Å². The molecular formula is C18H18BrNS. The molecule has 0 bridgehead atoms. The van der Waals surface area contributed by atoms with Gasteiger partial charge in [0.15, 0.2) is 0 Å². The summed E-state index contributed by atoms with van der Waals surface area (Å²) in [5, 5.41) is 1.38. The fraction of sp³-hybridized carbons (Fsp3) is 0.222. The first-order valence-electron chi connectivity index (χ1n) is 7.07. The van der Waals surface area contributed by atoms with Crippen molar-refractivity contribution in [3.63, 3.8) is 0 Å². The summed E-state index contributed by atoms with van der Waals surface area (Å²) in [7, 11) is -0.841. The molecule has 0 fully saturated rings. The smallest absolute Gasteiger partial charge is 0.0584 e. The molecule has 0 saturated heterocycles. The van der Waals surface area contributed by atoms with Crippen molar-refractivity contribution >= 4 is 37.0 Å². The molecule has 4 rings (SSSR count). The highest BCUT2D eigenvalue weighted by atomic mass is 79.9. The van der Waals surface area contributed by atoms with Gasteiger partial charge in [0.25, 0.3) is 0 Å². The third kappa shape index (κ3) is 1.91. The molecule has 1 nitrogen and oxygen atoms in total. The fourth-order valence-corrected chi connectivity index (χ4v) is 5.40. The molecule has 0 saturated carbocycles. The summed E-state index contributed by atoms with van der Waals surface area (Å²) in [5.41, 5.74) is 7.19. The zero-order valence-electron chi connectivity index (χ0n) is 12.5. The van der Waals surface area contributed by atoms with Gasteiger partial charge in [0.2, 0.25) is 0 Å². The number of hydrogen-bond donors (Lipinski definition) is 0. The van der Waals surface area contributed by atoms with Crippen molar-refractivity contribution in [2.45, 2.75) is 6.42 Å². The molecule has 21 heavy (non-hydrogen) atoms. The summed E-state index contributed by atoms with van der Waals surface area (Å²) in [6.45, 7) is 0. The predicted molar refractivity (Wildman–Crippen MR) is 98.6 cm³/mol. The van der Waals surface area contributed by atoms with Crippen LogP contribution in [0.5, 0.6) is 0 Å². The van der Waals surface area contributed by atoms with Gasteiger partial charge in [-0.1, -0.05) is 40.2 Å². The Morgan fingerprint density at radius 1 is 1.05 bits per heavy atom. The third-order valence-electron chi connectivity index (χ3n) is 4.17. The summed E-state index contributed by atoms with van der Waals surface area (Å²) in [4.78, 5) is 0. The zero-order chi connectivity index (χ0) is 14.8. The summed E-state index contributed by atoms with van der Waals surface area (Å²) >= 11 is 3.64. The lowest BCUT2D eigenvalue weighted by Gasteiger charge is -2.31. The number of fused-ring (bicyclic) bond motifs is 5. The van der Waals surface area contributed by atoms with Crippen LogP contribution in [0, 0.1) is 0 Å². The molecule has 0 unspecified atom stereocenters. The van der Waals surface area contributed by atoms with E-state index in [1.165, 1.54) is 33.3 Å². The molecule has 0 N–H and O–H groups in total. The lowest BCUT2D eigenvalue weighted by molar-refractivity contribution is 1.11. The van der Waals surface area contributed by atoms with Crippen molar-refractivity contribution in [1.29, 1.82) is 0 Å². The van der Waals surface area contributed by atoms with Gasteiger partial charge < -0.3 is 3.97 Å². The van der Waals surface area contributed by atoms with E-state index in [1.54, 1.807) is 0 Å². The van der Waals surface area contributed by atoms with Gasteiger partial charge in [-0.05, 0) is 48.1 Å². The molecule has 0 radical (unpaired) electrons. The van der Waals surface area contributed by atoms with E-state index in [2.05, 4.69) is 81.1 Å². The molecule has 1 aliphatic carbocycles. The van der Waals surface area contributed by atoms with Gasteiger partial charge in [0.05, 0.1) is 5.52 Å². The number of hydrogen-bond acceptors (Lipinski definition) is 0. The monoisotopic (exact) mass is 359 g/mol. The van der Waals surface area contributed by atoms with Crippen LogP contribution >= 0.6 is 26.1 Å². The summed E-state index contributed by atoms with van der Waals surface area (Å²) < 4.78 is 3.76. The van der Waals surface area contributed by atoms with Crippen LogP contribution in [0.1, 0.15) is 11.3 Å². The molecule has 108 valence electrons. The molecule has 1 heterocycles. The van der Waals surface area contributed by atoms with E-state index in [-0.39, 0.29) is 0 Å². The van der Waals surface area contributed by atoms with E-state index in [0.29, 0.717) is 0 Å². The number of halogens is 1. The Kier molecular flexibility index (Phi) is 2.82. The highest BCUT2D eigenvalue weighted by molar-refractivity contribution is 9.10. The standard InChI is InChI=1S/C18H18BrNS/c1-21(2,3)20-16-9-8-13(19)11-15(16)18-14-7-5-4-6-12(14)10-17(18)20/h4-9,11H,10H2,1-3H3. The van der Waals surface area contributed by atoms with Crippen LogP contribution in [0.3, 0.4) is 0 Å². The van der Waals surface area contributed by atoms with Gasteiger partial charge >= 0.3 is 0 Å². The lowest BCUT2D eigenvalue weighted by atomic mass is 10.0. The summed E-state index contributed by atoms with van der Waals surface area (Å²) in [6, 6.07) is 15.5. The first-order valence-corrected chi connectivity index (χ1v) is 10.7. The lowest BCUT2D eigenvalue weighted by Crippen LogP contribution is -2.08. The maximum Gasteiger partial charge on any atom is 0.0584 e. The fourth-order valence-electron chi connectivity index (χ4n) is 3.47. The normalized spacial score (nSPS) is 14.3. The first-order chi connectivity index (χ1) is 9.97. The van der Waals surface area contributed by atoms with Crippen LogP contribution in [0.4, 0.5) is 0 Å². The van der Waals surface area contributed by atoms with E-state index in [0.717, 1.165) is 10.9 Å². The maximum absolute atomic E-state index is 3.64. The minimum atomic E-state index is -0.841. The maximum atomic E-state index is 3.64. The van der Waals surface area contributed by atoms with Crippen molar-refractivity contribution < 1.29 is 0 Å². The predicted octanol–water partition coefficient (Wildman–Crippen LogP) is 5.43. The van der Waals surface area contributed by atoms with Gasteiger partial charge in [0.1, 0.15) is 0 Å². The summed E-state index contributed by atoms with van der Waals surface area (Å²) in [6.07, 6.45) is 8.18. The molecule has 0 atom stereocenters. The van der Waals surface area contributed by atoms with E-state index in [4.69, 9.17) is 0 Å². The average molecular weight is 360 g/mol.